The molecule has 0 aliphatic carbocycles. The summed E-state index contributed by atoms with van der Waals surface area (Å²) in [6.07, 6.45) is 4.60. The fraction of sp³-hybridized carbons (Fsp3) is 0.300. The maximum absolute atomic E-state index is 5.93. The predicted molar refractivity (Wildman–Crippen MR) is 92.3 cm³/mol. The van der Waals surface area contributed by atoms with Gasteiger partial charge in [0.15, 0.2) is 0 Å². The molecular formula is C20H20O4. The van der Waals surface area contributed by atoms with Gasteiger partial charge in [-0.2, -0.15) is 0 Å². The first-order valence-electron chi connectivity index (χ1n) is 8.23. The standard InChI is InChI=1S/C20H20O4/c1-2-4-15(5-3-1)6-7-16-8-9-17(21-11-18-12-22-18)10-20(16)24-14-19-13-23-19/h1-10,18-19H,11-14H2. The first-order valence-corrected chi connectivity index (χ1v) is 8.23. The van der Waals surface area contributed by atoms with Gasteiger partial charge in [0.2, 0.25) is 0 Å². The van der Waals surface area contributed by atoms with Crippen LogP contribution in [0.5, 0.6) is 11.5 Å². The molecule has 2 unspecified atom stereocenters. The fourth-order valence-electron chi connectivity index (χ4n) is 2.32. The van der Waals surface area contributed by atoms with E-state index in [4.69, 9.17) is 18.9 Å². The molecule has 0 radical (unpaired) electrons. The topological polar surface area (TPSA) is 43.5 Å². The average molecular weight is 324 g/mol. The normalized spacial score (nSPS) is 21.7. The number of ether oxygens (including phenoxy) is 4. The van der Waals surface area contributed by atoms with E-state index in [1.54, 1.807) is 0 Å². The highest BCUT2D eigenvalue weighted by Gasteiger charge is 2.24. The number of epoxide rings is 2. The Bertz CT molecular complexity index is 703. The number of hydrogen-bond donors (Lipinski definition) is 0. The summed E-state index contributed by atoms with van der Waals surface area (Å²) in [4.78, 5) is 0. The van der Waals surface area contributed by atoms with E-state index in [2.05, 4.69) is 24.3 Å². The van der Waals surface area contributed by atoms with E-state index in [1.807, 2.05) is 36.4 Å². The molecular weight excluding hydrogens is 304 g/mol. The van der Waals surface area contributed by atoms with E-state index in [-0.39, 0.29) is 12.2 Å². The lowest BCUT2D eigenvalue weighted by molar-refractivity contribution is 0.252. The van der Waals surface area contributed by atoms with Gasteiger partial charge in [0.05, 0.1) is 13.2 Å². The van der Waals surface area contributed by atoms with Gasteiger partial charge in [0, 0.05) is 11.6 Å². The minimum absolute atomic E-state index is 0.223. The summed E-state index contributed by atoms with van der Waals surface area (Å²) in [5.41, 5.74) is 2.18. The van der Waals surface area contributed by atoms with Crippen LogP contribution in [0.3, 0.4) is 0 Å². The van der Waals surface area contributed by atoms with Gasteiger partial charge >= 0.3 is 0 Å². The Labute approximate surface area is 141 Å². The second-order valence-electron chi connectivity index (χ2n) is 5.98. The predicted octanol–water partition coefficient (Wildman–Crippen LogP) is 3.41. The molecule has 4 nitrogen and oxygen atoms in total. The minimum atomic E-state index is 0.223. The quantitative estimate of drug-likeness (QED) is 0.551. The second kappa shape index (κ2) is 7.07. The third-order valence-corrected chi connectivity index (χ3v) is 3.91. The summed E-state index contributed by atoms with van der Waals surface area (Å²) < 4.78 is 22.1. The first-order chi connectivity index (χ1) is 11.9. The molecule has 2 heterocycles. The van der Waals surface area contributed by atoms with Crippen LogP contribution in [0.15, 0.2) is 48.5 Å². The van der Waals surface area contributed by atoms with Crippen LogP contribution in [-0.2, 0) is 9.47 Å². The average Bonchev–Trinajstić information content (AvgIpc) is 3.53. The third-order valence-electron chi connectivity index (χ3n) is 3.91. The van der Waals surface area contributed by atoms with Crippen LogP contribution in [0, 0.1) is 0 Å². The van der Waals surface area contributed by atoms with Crippen LogP contribution in [0.25, 0.3) is 12.2 Å². The Morgan fingerprint density at radius 3 is 2.29 bits per heavy atom. The minimum Gasteiger partial charge on any atom is -0.491 e. The highest BCUT2D eigenvalue weighted by atomic mass is 16.6. The third kappa shape index (κ3) is 4.37. The molecule has 124 valence electrons. The van der Waals surface area contributed by atoms with Crippen molar-refractivity contribution in [3.05, 3.63) is 59.7 Å². The molecule has 4 heteroatoms. The van der Waals surface area contributed by atoms with Crippen molar-refractivity contribution >= 4 is 12.2 Å². The highest BCUT2D eigenvalue weighted by Crippen LogP contribution is 2.28. The number of rotatable bonds is 8. The van der Waals surface area contributed by atoms with Crippen LogP contribution in [-0.4, -0.2) is 38.6 Å². The fourth-order valence-corrected chi connectivity index (χ4v) is 2.32. The zero-order valence-electron chi connectivity index (χ0n) is 13.4. The van der Waals surface area contributed by atoms with Crippen molar-refractivity contribution in [3.63, 3.8) is 0 Å². The number of hydrogen-bond acceptors (Lipinski definition) is 4. The molecule has 2 aromatic carbocycles. The van der Waals surface area contributed by atoms with Crippen LogP contribution in [0.4, 0.5) is 0 Å². The molecule has 2 aromatic rings. The van der Waals surface area contributed by atoms with Gasteiger partial charge in [-0.25, -0.2) is 0 Å². The molecule has 0 spiro atoms. The van der Waals surface area contributed by atoms with Crippen LogP contribution in [0.2, 0.25) is 0 Å². The lowest BCUT2D eigenvalue weighted by Gasteiger charge is -2.11. The van der Waals surface area contributed by atoms with Crippen molar-refractivity contribution < 1.29 is 18.9 Å². The van der Waals surface area contributed by atoms with Crippen LogP contribution >= 0.6 is 0 Å². The van der Waals surface area contributed by atoms with Gasteiger partial charge in [-0.05, 0) is 17.7 Å². The molecule has 0 amide bonds. The largest absolute Gasteiger partial charge is 0.491 e. The summed E-state index contributed by atoms with van der Waals surface area (Å²) >= 11 is 0. The maximum atomic E-state index is 5.93. The Hall–Kier alpha value is -2.30. The van der Waals surface area contributed by atoms with Crippen LogP contribution in [0.1, 0.15) is 11.1 Å². The Morgan fingerprint density at radius 2 is 1.58 bits per heavy atom. The Kier molecular flexibility index (Phi) is 4.49. The van der Waals surface area contributed by atoms with Gasteiger partial charge in [-0.15, -0.1) is 0 Å². The molecule has 2 saturated heterocycles. The van der Waals surface area contributed by atoms with E-state index in [0.717, 1.165) is 35.8 Å². The number of benzene rings is 2. The molecule has 24 heavy (non-hydrogen) atoms. The van der Waals surface area contributed by atoms with E-state index in [1.165, 1.54) is 0 Å². The summed E-state index contributed by atoms with van der Waals surface area (Å²) in [5.74, 6) is 1.61. The van der Waals surface area contributed by atoms with Gasteiger partial charge in [-0.3, -0.25) is 0 Å². The molecule has 2 aliphatic heterocycles. The molecule has 2 fully saturated rings. The molecule has 2 atom stereocenters. The van der Waals surface area contributed by atoms with Gasteiger partial charge < -0.3 is 18.9 Å². The van der Waals surface area contributed by atoms with Crippen molar-refractivity contribution in [1.29, 1.82) is 0 Å². The van der Waals surface area contributed by atoms with Crippen molar-refractivity contribution in [1.82, 2.24) is 0 Å². The summed E-state index contributed by atoms with van der Waals surface area (Å²) in [6.45, 7) is 2.73. The molecule has 0 aromatic heterocycles. The summed E-state index contributed by atoms with van der Waals surface area (Å²) in [7, 11) is 0. The van der Waals surface area contributed by atoms with Gasteiger partial charge in [0.25, 0.3) is 0 Å². The highest BCUT2D eigenvalue weighted by molar-refractivity contribution is 5.73. The molecule has 2 aliphatic rings. The lowest BCUT2D eigenvalue weighted by atomic mass is 10.1. The summed E-state index contributed by atoms with van der Waals surface area (Å²) in [6, 6.07) is 16.1. The van der Waals surface area contributed by atoms with E-state index >= 15 is 0 Å². The van der Waals surface area contributed by atoms with E-state index < -0.39 is 0 Å². The first kappa shape index (κ1) is 15.2. The van der Waals surface area contributed by atoms with Crippen molar-refractivity contribution in [2.45, 2.75) is 12.2 Å². The smallest absolute Gasteiger partial charge is 0.130 e. The van der Waals surface area contributed by atoms with Gasteiger partial charge in [0.1, 0.15) is 36.9 Å². The second-order valence-corrected chi connectivity index (χ2v) is 5.98. The maximum Gasteiger partial charge on any atom is 0.130 e. The molecule has 4 rings (SSSR count). The SMILES string of the molecule is C(=Cc1ccc(OCC2CO2)cc1OCC1CO1)c1ccccc1. The Balaban J connectivity index is 1.50. The lowest BCUT2D eigenvalue weighted by Crippen LogP contribution is -2.07. The van der Waals surface area contributed by atoms with E-state index in [9.17, 15) is 0 Å². The van der Waals surface area contributed by atoms with Crippen LogP contribution < -0.4 is 9.47 Å². The summed E-state index contributed by atoms with van der Waals surface area (Å²) in [5, 5.41) is 0. The van der Waals surface area contributed by atoms with E-state index in [0.29, 0.717) is 13.2 Å². The van der Waals surface area contributed by atoms with Crippen molar-refractivity contribution in [2.24, 2.45) is 0 Å². The van der Waals surface area contributed by atoms with Crippen molar-refractivity contribution in [3.8, 4) is 11.5 Å². The Morgan fingerprint density at radius 1 is 0.875 bits per heavy atom. The molecule has 0 N–H and O–H groups in total. The van der Waals surface area contributed by atoms with Gasteiger partial charge in [-0.1, -0.05) is 42.5 Å². The van der Waals surface area contributed by atoms with Crippen molar-refractivity contribution in [2.75, 3.05) is 26.4 Å². The molecule has 0 bridgehead atoms. The molecule has 0 saturated carbocycles. The zero-order chi connectivity index (χ0) is 16.2. The zero-order valence-corrected chi connectivity index (χ0v) is 13.4. The monoisotopic (exact) mass is 324 g/mol.